The molecule has 0 saturated heterocycles. The summed E-state index contributed by atoms with van der Waals surface area (Å²) in [7, 11) is -4.72. The van der Waals surface area contributed by atoms with Crippen LogP contribution in [0.4, 0.5) is 0 Å². The van der Waals surface area contributed by atoms with E-state index in [2.05, 4.69) is 30.2 Å². The van der Waals surface area contributed by atoms with E-state index in [9.17, 15) is 13.2 Å². The van der Waals surface area contributed by atoms with Crippen molar-refractivity contribution in [2.45, 2.75) is 116 Å². The van der Waals surface area contributed by atoms with Gasteiger partial charge in [0.1, 0.15) is 6.61 Å². The highest BCUT2D eigenvalue weighted by Crippen LogP contribution is 2.13. The summed E-state index contributed by atoms with van der Waals surface area (Å²) in [6.45, 7) is 5.15. The van der Waals surface area contributed by atoms with Crippen molar-refractivity contribution in [2.24, 2.45) is 0 Å². The van der Waals surface area contributed by atoms with E-state index in [1.54, 1.807) is 0 Å². The van der Waals surface area contributed by atoms with Crippen LogP contribution in [0.3, 0.4) is 0 Å². The molecule has 0 aromatic rings. The summed E-state index contributed by atoms with van der Waals surface area (Å²) >= 11 is 0. The minimum absolute atomic E-state index is 0.0267. The average molecular weight is 479 g/mol. The lowest BCUT2D eigenvalue weighted by atomic mass is 10.1. The Morgan fingerprint density at radius 2 is 1.34 bits per heavy atom. The first-order valence-electron chi connectivity index (χ1n) is 12.5. The van der Waals surface area contributed by atoms with Gasteiger partial charge in [0.05, 0.1) is 6.61 Å². The predicted molar refractivity (Wildman–Crippen MR) is 128 cm³/mol. The van der Waals surface area contributed by atoms with Gasteiger partial charge in [-0.25, -0.2) is 8.98 Å². The Hall–Kier alpha value is -0.960. The molecule has 0 spiro atoms. The molecule has 0 amide bonds. The lowest BCUT2D eigenvalue weighted by Gasteiger charge is -2.14. The summed E-state index contributed by atoms with van der Waals surface area (Å²) in [5.74, 6) is -0.792. The maximum Gasteiger partial charge on any atom is 0.398 e. The van der Waals surface area contributed by atoms with Crippen LogP contribution >= 0.6 is 0 Å². The molecule has 1 N–H and O–H groups in total. The van der Waals surface area contributed by atoms with Gasteiger partial charge in [0, 0.05) is 6.61 Å². The van der Waals surface area contributed by atoms with Crippen LogP contribution in [0.2, 0.25) is 0 Å². The van der Waals surface area contributed by atoms with Crippen LogP contribution in [0.1, 0.15) is 110 Å². The van der Waals surface area contributed by atoms with Crippen LogP contribution in [-0.2, 0) is 28.9 Å². The fraction of sp³-hybridized carbons (Fsp3) is 0.875. The molecule has 0 saturated carbocycles. The number of unbranched alkanes of at least 4 members (excludes halogenated alkanes) is 11. The van der Waals surface area contributed by atoms with Gasteiger partial charge < -0.3 is 9.47 Å². The standard InChI is InChI=1S/C24H46O7S/c1-3-5-7-8-9-10-11-12-13-14-15-16-17-18-19-23(31-32(26,27)28)24(25)30-22-21-29-20-6-4-2/h12-13,23H,3-11,14-22H2,1-2H3,(H,26,27,28)/b13-12+. The van der Waals surface area contributed by atoms with Crippen molar-refractivity contribution in [3.05, 3.63) is 12.2 Å². The lowest BCUT2D eigenvalue weighted by molar-refractivity contribution is -0.154. The summed E-state index contributed by atoms with van der Waals surface area (Å²) in [4.78, 5) is 12.1. The minimum Gasteiger partial charge on any atom is -0.461 e. The number of carbonyl (C=O) groups excluding carboxylic acids is 1. The predicted octanol–water partition coefficient (Wildman–Crippen LogP) is 6.18. The highest BCUT2D eigenvalue weighted by molar-refractivity contribution is 7.80. The molecular weight excluding hydrogens is 432 g/mol. The smallest absolute Gasteiger partial charge is 0.398 e. The van der Waals surface area contributed by atoms with Crippen molar-refractivity contribution >= 4 is 16.4 Å². The van der Waals surface area contributed by atoms with Gasteiger partial charge >= 0.3 is 16.4 Å². The molecule has 0 fully saturated rings. The molecule has 7 nitrogen and oxygen atoms in total. The molecule has 32 heavy (non-hydrogen) atoms. The zero-order valence-corrected chi connectivity index (χ0v) is 21.1. The molecule has 0 heterocycles. The van der Waals surface area contributed by atoms with Crippen molar-refractivity contribution < 1.29 is 31.4 Å². The van der Waals surface area contributed by atoms with Gasteiger partial charge in [-0.05, 0) is 38.5 Å². The monoisotopic (exact) mass is 478 g/mol. The van der Waals surface area contributed by atoms with E-state index in [0.29, 0.717) is 13.0 Å². The molecule has 0 bridgehead atoms. The number of allylic oxidation sites excluding steroid dienone is 2. The third-order valence-electron chi connectivity index (χ3n) is 5.09. The van der Waals surface area contributed by atoms with Crippen molar-refractivity contribution in [3.8, 4) is 0 Å². The summed E-state index contributed by atoms with van der Waals surface area (Å²) in [6.07, 6.45) is 18.9. The molecule has 0 aromatic carbocycles. The van der Waals surface area contributed by atoms with E-state index in [1.807, 2.05) is 0 Å². The Kier molecular flexibility index (Phi) is 21.2. The molecule has 1 unspecified atom stereocenters. The van der Waals surface area contributed by atoms with Gasteiger partial charge in [0.2, 0.25) is 0 Å². The first-order valence-corrected chi connectivity index (χ1v) is 13.8. The highest BCUT2D eigenvalue weighted by Gasteiger charge is 2.26. The minimum atomic E-state index is -4.72. The van der Waals surface area contributed by atoms with Crippen LogP contribution in [-0.4, -0.2) is 44.9 Å². The first kappa shape index (κ1) is 31.0. The number of hydrogen-bond acceptors (Lipinski definition) is 6. The summed E-state index contributed by atoms with van der Waals surface area (Å²) in [6, 6.07) is 0. The second kappa shape index (κ2) is 21.9. The Balaban J connectivity index is 3.90. The number of esters is 1. The third kappa shape index (κ3) is 22.2. The molecule has 0 aliphatic heterocycles. The molecule has 190 valence electrons. The van der Waals surface area contributed by atoms with Gasteiger partial charge in [-0.2, -0.15) is 8.42 Å². The molecule has 8 heteroatoms. The van der Waals surface area contributed by atoms with E-state index in [-0.39, 0.29) is 19.6 Å². The fourth-order valence-electron chi connectivity index (χ4n) is 3.22. The number of hydrogen-bond donors (Lipinski definition) is 1. The highest BCUT2D eigenvalue weighted by atomic mass is 32.3. The summed E-state index contributed by atoms with van der Waals surface area (Å²) < 4.78 is 45.8. The Morgan fingerprint density at radius 3 is 1.94 bits per heavy atom. The first-order chi connectivity index (χ1) is 15.4. The molecule has 0 aliphatic rings. The Bertz CT molecular complexity index is 561. The normalized spacial score (nSPS) is 13.0. The van der Waals surface area contributed by atoms with Crippen molar-refractivity contribution in [2.75, 3.05) is 19.8 Å². The second-order valence-corrected chi connectivity index (χ2v) is 9.21. The average Bonchev–Trinajstić information content (AvgIpc) is 2.74. The van der Waals surface area contributed by atoms with E-state index in [0.717, 1.165) is 44.9 Å². The van der Waals surface area contributed by atoms with E-state index < -0.39 is 22.5 Å². The van der Waals surface area contributed by atoms with Gasteiger partial charge in [-0.3, -0.25) is 4.55 Å². The van der Waals surface area contributed by atoms with Crippen LogP contribution in [0.15, 0.2) is 12.2 Å². The SMILES string of the molecule is CCCCCCCC/C=C/CCCCCCC(OS(=O)(=O)O)C(=O)OCCOCCCC. The summed E-state index contributed by atoms with van der Waals surface area (Å²) in [5.41, 5.74) is 0. The van der Waals surface area contributed by atoms with E-state index in [1.165, 1.54) is 38.5 Å². The largest absolute Gasteiger partial charge is 0.461 e. The maximum atomic E-state index is 12.1. The number of rotatable bonds is 23. The zero-order valence-electron chi connectivity index (χ0n) is 20.3. The van der Waals surface area contributed by atoms with Gasteiger partial charge in [0.25, 0.3) is 0 Å². The van der Waals surface area contributed by atoms with Crippen LogP contribution in [0.25, 0.3) is 0 Å². The molecular formula is C24H46O7S. The van der Waals surface area contributed by atoms with Crippen molar-refractivity contribution in [3.63, 3.8) is 0 Å². The van der Waals surface area contributed by atoms with Crippen molar-refractivity contribution in [1.29, 1.82) is 0 Å². The quantitative estimate of drug-likeness (QED) is 0.0810. The maximum absolute atomic E-state index is 12.1. The third-order valence-corrected chi connectivity index (χ3v) is 5.57. The van der Waals surface area contributed by atoms with Crippen LogP contribution in [0, 0.1) is 0 Å². The second-order valence-electron chi connectivity index (χ2n) is 8.17. The molecule has 0 aromatic heterocycles. The number of carbonyl (C=O) groups is 1. The lowest BCUT2D eigenvalue weighted by Crippen LogP contribution is -2.30. The van der Waals surface area contributed by atoms with Gasteiger partial charge in [0.15, 0.2) is 6.10 Å². The van der Waals surface area contributed by atoms with E-state index in [4.69, 9.17) is 14.0 Å². The molecule has 1 atom stereocenters. The summed E-state index contributed by atoms with van der Waals surface area (Å²) in [5, 5.41) is 0. The zero-order chi connectivity index (χ0) is 23.9. The number of ether oxygens (including phenoxy) is 2. The van der Waals surface area contributed by atoms with E-state index >= 15 is 0 Å². The van der Waals surface area contributed by atoms with Crippen LogP contribution in [0.5, 0.6) is 0 Å². The Morgan fingerprint density at radius 1 is 0.781 bits per heavy atom. The van der Waals surface area contributed by atoms with Gasteiger partial charge in [-0.15, -0.1) is 0 Å². The van der Waals surface area contributed by atoms with Gasteiger partial charge in [-0.1, -0.05) is 83.8 Å². The molecule has 0 aliphatic carbocycles. The molecule has 0 rings (SSSR count). The van der Waals surface area contributed by atoms with Crippen molar-refractivity contribution in [1.82, 2.24) is 0 Å². The Labute approximate surface area is 196 Å². The fourth-order valence-corrected chi connectivity index (χ4v) is 3.69. The van der Waals surface area contributed by atoms with Crippen LogP contribution < -0.4 is 0 Å². The molecule has 0 radical (unpaired) electrons. The topological polar surface area (TPSA) is 99.1 Å².